The third kappa shape index (κ3) is 2.45. The molecule has 1 aromatic heterocycles. The van der Waals surface area contributed by atoms with Gasteiger partial charge in [-0.05, 0) is 30.7 Å². The van der Waals surface area contributed by atoms with Gasteiger partial charge in [-0.15, -0.1) is 0 Å². The number of benzene rings is 1. The Morgan fingerprint density at radius 3 is 2.95 bits per heavy atom. The number of rotatable bonds is 2. The normalized spacial score (nSPS) is 19.5. The fraction of sp³-hybridized carbons (Fsp3) is 0.385. The maximum absolute atomic E-state index is 5.79. The van der Waals surface area contributed by atoms with Crippen molar-refractivity contribution in [2.24, 2.45) is 0 Å². The lowest BCUT2D eigenvalue weighted by molar-refractivity contribution is -0.0941. The molecule has 2 aromatic rings. The maximum Gasteiger partial charge on any atom is 0.258 e. The number of hydrogen-bond acceptors (Lipinski definition) is 6. The van der Waals surface area contributed by atoms with Crippen LogP contribution in [0.1, 0.15) is 17.5 Å². The first-order valence-electron chi connectivity index (χ1n) is 6.13. The van der Waals surface area contributed by atoms with Crippen molar-refractivity contribution in [1.29, 1.82) is 0 Å². The van der Waals surface area contributed by atoms with Crippen LogP contribution in [0.5, 0.6) is 0 Å². The van der Waals surface area contributed by atoms with Crippen molar-refractivity contribution >= 4 is 5.69 Å². The molecule has 2 heterocycles. The van der Waals surface area contributed by atoms with E-state index in [0.717, 1.165) is 16.8 Å². The van der Waals surface area contributed by atoms with Gasteiger partial charge in [0.2, 0.25) is 5.82 Å². The molecule has 6 heteroatoms. The Morgan fingerprint density at radius 2 is 2.21 bits per heavy atom. The number of hydrogen-bond donors (Lipinski definition) is 1. The third-order valence-corrected chi connectivity index (χ3v) is 3.06. The van der Waals surface area contributed by atoms with Crippen LogP contribution in [0.25, 0.3) is 11.5 Å². The minimum atomic E-state index is -0.249. The lowest BCUT2D eigenvalue weighted by Crippen LogP contribution is -2.22. The van der Waals surface area contributed by atoms with Gasteiger partial charge in [-0.3, -0.25) is 0 Å². The van der Waals surface area contributed by atoms with Gasteiger partial charge >= 0.3 is 0 Å². The van der Waals surface area contributed by atoms with Crippen molar-refractivity contribution in [3.8, 4) is 11.5 Å². The molecule has 0 bridgehead atoms. The minimum Gasteiger partial charge on any atom is -0.399 e. The summed E-state index contributed by atoms with van der Waals surface area (Å²) in [5, 5.41) is 3.95. The molecule has 0 spiro atoms. The lowest BCUT2D eigenvalue weighted by atomic mass is 10.1. The first-order chi connectivity index (χ1) is 9.24. The molecule has 0 radical (unpaired) electrons. The number of nitrogens with zero attached hydrogens (tertiary/aromatic N) is 2. The molecule has 1 aromatic carbocycles. The van der Waals surface area contributed by atoms with Crippen LogP contribution in [0, 0.1) is 6.92 Å². The average Bonchev–Trinajstić information content (AvgIpc) is 2.93. The SMILES string of the molecule is Cc1cc(-c2nc(C3COCCO3)no2)ccc1N. The molecule has 1 aliphatic heterocycles. The van der Waals surface area contributed by atoms with E-state index in [4.69, 9.17) is 19.7 Å². The summed E-state index contributed by atoms with van der Waals surface area (Å²) in [6.45, 7) is 3.56. The molecule has 0 amide bonds. The van der Waals surface area contributed by atoms with E-state index in [1.54, 1.807) is 0 Å². The van der Waals surface area contributed by atoms with Gasteiger partial charge in [0.25, 0.3) is 5.89 Å². The molecule has 100 valence electrons. The van der Waals surface area contributed by atoms with Gasteiger partial charge in [0.15, 0.2) is 0 Å². The van der Waals surface area contributed by atoms with Crippen LogP contribution in [0.2, 0.25) is 0 Å². The molecule has 6 nitrogen and oxygen atoms in total. The zero-order chi connectivity index (χ0) is 13.2. The monoisotopic (exact) mass is 261 g/mol. The van der Waals surface area contributed by atoms with Crippen molar-refractivity contribution in [2.45, 2.75) is 13.0 Å². The molecule has 1 fully saturated rings. The number of anilines is 1. The molecule has 1 atom stereocenters. The highest BCUT2D eigenvalue weighted by Crippen LogP contribution is 2.24. The summed E-state index contributed by atoms with van der Waals surface area (Å²) >= 11 is 0. The van der Waals surface area contributed by atoms with Gasteiger partial charge in [0.05, 0.1) is 19.8 Å². The Kier molecular flexibility index (Phi) is 3.18. The van der Waals surface area contributed by atoms with E-state index >= 15 is 0 Å². The highest BCUT2D eigenvalue weighted by atomic mass is 16.6. The Bertz CT molecular complexity index is 576. The molecule has 1 aliphatic rings. The Balaban J connectivity index is 1.85. The van der Waals surface area contributed by atoms with Crippen LogP contribution in [0.4, 0.5) is 5.69 Å². The van der Waals surface area contributed by atoms with Crippen molar-refractivity contribution in [1.82, 2.24) is 10.1 Å². The van der Waals surface area contributed by atoms with Crippen molar-refractivity contribution in [2.75, 3.05) is 25.6 Å². The van der Waals surface area contributed by atoms with E-state index in [-0.39, 0.29) is 6.10 Å². The molecule has 19 heavy (non-hydrogen) atoms. The van der Waals surface area contributed by atoms with Gasteiger partial charge < -0.3 is 19.7 Å². The second-order valence-electron chi connectivity index (χ2n) is 4.46. The summed E-state index contributed by atoms with van der Waals surface area (Å²) in [4.78, 5) is 4.35. The smallest absolute Gasteiger partial charge is 0.258 e. The van der Waals surface area contributed by atoms with Crippen LogP contribution < -0.4 is 5.73 Å². The molecule has 1 saturated heterocycles. The first-order valence-corrected chi connectivity index (χ1v) is 6.13. The molecule has 2 N–H and O–H groups in total. The van der Waals surface area contributed by atoms with Gasteiger partial charge in [0.1, 0.15) is 6.10 Å². The van der Waals surface area contributed by atoms with Gasteiger partial charge in [-0.1, -0.05) is 5.16 Å². The predicted octanol–water partition coefficient (Wildman–Crippen LogP) is 1.72. The lowest BCUT2D eigenvalue weighted by Gasteiger charge is -2.19. The van der Waals surface area contributed by atoms with E-state index in [2.05, 4.69) is 10.1 Å². The van der Waals surface area contributed by atoms with Crippen LogP contribution in [0.3, 0.4) is 0 Å². The zero-order valence-corrected chi connectivity index (χ0v) is 10.6. The summed E-state index contributed by atoms with van der Waals surface area (Å²) in [7, 11) is 0. The maximum atomic E-state index is 5.79. The Hall–Kier alpha value is -1.92. The highest BCUT2D eigenvalue weighted by Gasteiger charge is 2.22. The van der Waals surface area contributed by atoms with E-state index in [1.807, 2.05) is 25.1 Å². The fourth-order valence-corrected chi connectivity index (χ4v) is 1.93. The predicted molar refractivity (Wildman–Crippen MR) is 68.4 cm³/mol. The van der Waals surface area contributed by atoms with Crippen LogP contribution >= 0.6 is 0 Å². The zero-order valence-electron chi connectivity index (χ0n) is 10.6. The second kappa shape index (κ2) is 4.99. The summed E-state index contributed by atoms with van der Waals surface area (Å²) in [5.74, 6) is 0.983. The number of aromatic nitrogens is 2. The molecule has 3 rings (SSSR count). The quantitative estimate of drug-likeness (QED) is 0.829. The van der Waals surface area contributed by atoms with E-state index < -0.39 is 0 Å². The average molecular weight is 261 g/mol. The topological polar surface area (TPSA) is 83.4 Å². The summed E-state index contributed by atoms with van der Waals surface area (Å²) in [5.41, 5.74) is 8.36. The van der Waals surface area contributed by atoms with E-state index in [1.165, 1.54) is 0 Å². The summed E-state index contributed by atoms with van der Waals surface area (Å²) in [6, 6.07) is 5.61. The Labute approximate surface area is 110 Å². The summed E-state index contributed by atoms with van der Waals surface area (Å²) in [6.07, 6.45) is -0.249. The number of ether oxygens (including phenoxy) is 2. The molecule has 0 saturated carbocycles. The number of nitrogens with two attached hydrogens (primary N) is 1. The molecular weight excluding hydrogens is 246 g/mol. The highest BCUT2D eigenvalue weighted by molar-refractivity contribution is 5.60. The molecule has 0 aliphatic carbocycles. The summed E-state index contributed by atoms with van der Waals surface area (Å²) < 4.78 is 16.1. The fourth-order valence-electron chi connectivity index (χ4n) is 1.93. The van der Waals surface area contributed by atoms with Crippen LogP contribution in [-0.2, 0) is 9.47 Å². The first kappa shape index (κ1) is 12.1. The second-order valence-corrected chi connectivity index (χ2v) is 4.46. The minimum absolute atomic E-state index is 0.249. The van der Waals surface area contributed by atoms with E-state index in [9.17, 15) is 0 Å². The van der Waals surface area contributed by atoms with Crippen LogP contribution in [-0.4, -0.2) is 30.0 Å². The number of nitrogen functional groups attached to an aromatic ring is 1. The van der Waals surface area contributed by atoms with Gasteiger partial charge in [0, 0.05) is 11.3 Å². The van der Waals surface area contributed by atoms with Crippen LogP contribution in [0.15, 0.2) is 22.7 Å². The standard InChI is InChI=1S/C13H15N3O3/c1-8-6-9(2-3-10(8)14)13-15-12(16-19-13)11-7-17-4-5-18-11/h2-3,6,11H,4-5,7,14H2,1H3. The van der Waals surface area contributed by atoms with Gasteiger partial charge in [-0.2, -0.15) is 4.98 Å². The third-order valence-electron chi connectivity index (χ3n) is 3.06. The van der Waals surface area contributed by atoms with Crippen molar-refractivity contribution < 1.29 is 14.0 Å². The Morgan fingerprint density at radius 1 is 1.32 bits per heavy atom. The van der Waals surface area contributed by atoms with E-state index in [0.29, 0.717) is 31.5 Å². The number of aryl methyl sites for hydroxylation is 1. The van der Waals surface area contributed by atoms with Gasteiger partial charge in [-0.25, -0.2) is 0 Å². The van der Waals surface area contributed by atoms with Crippen molar-refractivity contribution in [3.63, 3.8) is 0 Å². The molecule has 1 unspecified atom stereocenters. The largest absolute Gasteiger partial charge is 0.399 e. The molecular formula is C13H15N3O3. The van der Waals surface area contributed by atoms with Crippen molar-refractivity contribution in [3.05, 3.63) is 29.6 Å².